The highest BCUT2D eigenvalue weighted by atomic mass is 32.1. The third-order valence-electron chi connectivity index (χ3n) is 3.60. The Hall–Kier alpha value is -2.51. The normalized spacial score (nSPS) is 10.5. The van der Waals surface area contributed by atoms with Crippen LogP contribution in [0.25, 0.3) is 11.3 Å². The van der Waals surface area contributed by atoms with Gasteiger partial charge >= 0.3 is 5.97 Å². The topological polar surface area (TPSA) is 68.3 Å². The van der Waals surface area contributed by atoms with Crippen molar-refractivity contribution in [1.29, 1.82) is 0 Å². The molecule has 7 heteroatoms. The molecule has 0 aliphatic heterocycles. The first-order chi connectivity index (χ1) is 12.7. The molecule has 0 saturated carbocycles. The SMILES string of the molecule is CCOC(=O)c1sc(NC(=O)CCc2ccsc2)nc1-c1ccccc1. The number of anilines is 1. The first kappa shape index (κ1) is 18.3. The molecule has 0 atom stereocenters. The first-order valence-electron chi connectivity index (χ1n) is 8.21. The third-order valence-corrected chi connectivity index (χ3v) is 5.29. The van der Waals surface area contributed by atoms with E-state index in [1.807, 2.05) is 47.2 Å². The Morgan fingerprint density at radius 3 is 2.69 bits per heavy atom. The molecule has 0 radical (unpaired) electrons. The smallest absolute Gasteiger partial charge is 0.350 e. The number of rotatable bonds is 7. The maximum atomic E-state index is 12.3. The third kappa shape index (κ3) is 4.56. The summed E-state index contributed by atoms with van der Waals surface area (Å²) in [6, 6.07) is 11.4. The maximum absolute atomic E-state index is 12.3. The van der Waals surface area contributed by atoms with Crippen LogP contribution in [-0.4, -0.2) is 23.5 Å². The Morgan fingerprint density at radius 2 is 2.00 bits per heavy atom. The van der Waals surface area contributed by atoms with Gasteiger partial charge in [0.2, 0.25) is 5.91 Å². The summed E-state index contributed by atoms with van der Waals surface area (Å²) in [6.07, 6.45) is 1.04. The molecule has 2 heterocycles. The Labute approximate surface area is 159 Å². The average Bonchev–Trinajstić information content (AvgIpc) is 3.31. The molecule has 5 nitrogen and oxygen atoms in total. The van der Waals surface area contributed by atoms with Crippen LogP contribution in [0.2, 0.25) is 0 Å². The van der Waals surface area contributed by atoms with Gasteiger partial charge in [0.05, 0.1) is 12.3 Å². The van der Waals surface area contributed by atoms with E-state index in [9.17, 15) is 9.59 Å². The van der Waals surface area contributed by atoms with Gasteiger partial charge in [0.15, 0.2) is 5.13 Å². The van der Waals surface area contributed by atoms with Gasteiger partial charge in [0.25, 0.3) is 0 Å². The van der Waals surface area contributed by atoms with E-state index in [0.29, 0.717) is 28.5 Å². The number of ether oxygens (including phenoxy) is 1. The van der Waals surface area contributed by atoms with Crippen molar-refractivity contribution in [3.05, 3.63) is 57.6 Å². The van der Waals surface area contributed by atoms with Crippen molar-refractivity contribution in [2.75, 3.05) is 11.9 Å². The predicted molar refractivity (Wildman–Crippen MR) is 105 cm³/mol. The van der Waals surface area contributed by atoms with Gasteiger partial charge in [-0.3, -0.25) is 4.79 Å². The van der Waals surface area contributed by atoms with Gasteiger partial charge in [-0.2, -0.15) is 11.3 Å². The van der Waals surface area contributed by atoms with Gasteiger partial charge in [0, 0.05) is 12.0 Å². The summed E-state index contributed by atoms with van der Waals surface area (Å²) >= 11 is 2.75. The van der Waals surface area contributed by atoms with Crippen molar-refractivity contribution in [3.63, 3.8) is 0 Å². The van der Waals surface area contributed by atoms with E-state index < -0.39 is 5.97 Å². The van der Waals surface area contributed by atoms with Crippen LogP contribution < -0.4 is 5.32 Å². The summed E-state index contributed by atoms with van der Waals surface area (Å²) in [5, 5.41) is 7.22. The number of hydrogen-bond acceptors (Lipinski definition) is 6. The van der Waals surface area contributed by atoms with Crippen molar-refractivity contribution in [2.24, 2.45) is 0 Å². The van der Waals surface area contributed by atoms with Crippen molar-refractivity contribution in [2.45, 2.75) is 19.8 Å². The van der Waals surface area contributed by atoms with Crippen LogP contribution >= 0.6 is 22.7 Å². The zero-order valence-electron chi connectivity index (χ0n) is 14.2. The fourth-order valence-corrected chi connectivity index (χ4v) is 3.98. The van der Waals surface area contributed by atoms with E-state index in [2.05, 4.69) is 10.3 Å². The lowest BCUT2D eigenvalue weighted by Crippen LogP contribution is -2.11. The number of carbonyl (C=O) groups excluding carboxylic acids is 2. The van der Waals surface area contributed by atoms with E-state index >= 15 is 0 Å². The Balaban J connectivity index is 1.77. The highest BCUT2D eigenvalue weighted by Crippen LogP contribution is 2.31. The molecule has 0 unspecified atom stereocenters. The molecule has 1 aromatic carbocycles. The van der Waals surface area contributed by atoms with Crippen LogP contribution in [0.15, 0.2) is 47.2 Å². The number of esters is 1. The first-order valence-corrected chi connectivity index (χ1v) is 9.97. The number of carbonyl (C=O) groups is 2. The Bertz CT molecular complexity index is 874. The van der Waals surface area contributed by atoms with Gasteiger partial charge in [0.1, 0.15) is 4.88 Å². The second kappa shape index (κ2) is 8.73. The summed E-state index contributed by atoms with van der Waals surface area (Å²) in [6.45, 7) is 2.04. The summed E-state index contributed by atoms with van der Waals surface area (Å²) in [5.41, 5.74) is 2.48. The summed E-state index contributed by atoms with van der Waals surface area (Å²) in [7, 11) is 0. The van der Waals surface area contributed by atoms with E-state index in [1.54, 1.807) is 18.3 Å². The molecule has 26 heavy (non-hydrogen) atoms. The van der Waals surface area contributed by atoms with Gasteiger partial charge in [-0.25, -0.2) is 9.78 Å². The minimum atomic E-state index is -0.428. The number of amides is 1. The number of aryl methyl sites for hydroxylation is 1. The monoisotopic (exact) mass is 386 g/mol. The fraction of sp³-hybridized carbons (Fsp3) is 0.211. The number of thiazole rings is 1. The molecule has 0 saturated heterocycles. The largest absolute Gasteiger partial charge is 0.462 e. The molecule has 3 rings (SSSR count). The molecule has 0 spiro atoms. The van der Waals surface area contributed by atoms with Crippen molar-refractivity contribution >= 4 is 39.7 Å². The number of nitrogens with zero attached hydrogens (tertiary/aromatic N) is 1. The molecule has 0 aliphatic rings. The van der Waals surface area contributed by atoms with E-state index in [4.69, 9.17) is 4.74 Å². The lowest BCUT2D eigenvalue weighted by atomic mass is 10.1. The minimum absolute atomic E-state index is 0.125. The number of thiophene rings is 1. The van der Waals surface area contributed by atoms with Gasteiger partial charge in [-0.15, -0.1) is 0 Å². The van der Waals surface area contributed by atoms with Gasteiger partial charge in [-0.1, -0.05) is 41.7 Å². The van der Waals surface area contributed by atoms with Gasteiger partial charge < -0.3 is 10.1 Å². The van der Waals surface area contributed by atoms with Crippen LogP contribution in [0.3, 0.4) is 0 Å². The molecule has 0 bridgehead atoms. The second-order valence-corrected chi connectivity index (χ2v) is 7.24. The summed E-state index contributed by atoms with van der Waals surface area (Å²) in [4.78, 5) is 29.3. The molecule has 134 valence electrons. The zero-order valence-corrected chi connectivity index (χ0v) is 15.9. The number of hydrogen-bond donors (Lipinski definition) is 1. The Kier molecular flexibility index (Phi) is 6.14. The van der Waals surface area contributed by atoms with Crippen LogP contribution in [-0.2, 0) is 16.0 Å². The average molecular weight is 386 g/mol. The predicted octanol–water partition coefficient (Wildman–Crippen LogP) is 4.62. The molecule has 0 aliphatic carbocycles. The molecule has 3 aromatic rings. The number of benzene rings is 1. The highest BCUT2D eigenvalue weighted by molar-refractivity contribution is 7.18. The lowest BCUT2D eigenvalue weighted by molar-refractivity contribution is -0.116. The second-order valence-electron chi connectivity index (χ2n) is 5.46. The molecule has 1 amide bonds. The van der Waals surface area contributed by atoms with E-state index in [1.165, 1.54) is 0 Å². The number of aromatic nitrogens is 1. The molecular formula is C19H18N2O3S2. The molecule has 2 aromatic heterocycles. The van der Waals surface area contributed by atoms with Crippen LogP contribution in [0.1, 0.15) is 28.6 Å². The van der Waals surface area contributed by atoms with Crippen LogP contribution in [0.4, 0.5) is 5.13 Å². The van der Waals surface area contributed by atoms with Crippen molar-refractivity contribution in [3.8, 4) is 11.3 Å². The highest BCUT2D eigenvalue weighted by Gasteiger charge is 2.21. The lowest BCUT2D eigenvalue weighted by Gasteiger charge is -2.01. The molecule has 1 N–H and O–H groups in total. The standard InChI is InChI=1S/C19H18N2O3S2/c1-2-24-18(23)17-16(14-6-4-3-5-7-14)21-19(26-17)20-15(22)9-8-13-10-11-25-12-13/h3-7,10-12H,2,8-9H2,1H3,(H,20,21,22). The summed E-state index contributed by atoms with van der Waals surface area (Å²) in [5.74, 6) is -0.553. The summed E-state index contributed by atoms with van der Waals surface area (Å²) < 4.78 is 5.12. The van der Waals surface area contributed by atoms with Crippen LogP contribution in [0, 0.1) is 0 Å². The quantitative estimate of drug-likeness (QED) is 0.602. The van der Waals surface area contributed by atoms with Gasteiger partial charge in [-0.05, 0) is 35.7 Å². The zero-order chi connectivity index (χ0) is 18.4. The fourth-order valence-electron chi connectivity index (χ4n) is 2.37. The Morgan fingerprint density at radius 1 is 1.19 bits per heavy atom. The van der Waals surface area contributed by atoms with E-state index in [0.717, 1.165) is 22.5 Å². The maximum Gasteiger partial charge on any atom is 0.350 e. The van der Waals surface area contributed by atoms with E-state index in [-0.39, 0.29) is 12.5 Å². The molecular weight excluding hydrogens is 368 g/mol. The van der Waals surface area contributed by atoms with Crippen molar-refractivity contribution < 1.29 is 14.3 Å². The van der Waals surface area contributed by atoms with Crippen LogP contribution in [0.5, 0.6) is 0 Å². The van der Waals surface area contributed by atoms with Crippen molar-refractivity contribution in [1.82, 2.24) is 4.98 Å². The molecule has 0 fully saturated rings. The minimum Gasteiger partial charge on any atom is -0.462 e. The number of nitrogens with one attached hydrogen (secondary N) is 1.